The number of carbonyl (C=O) groups is 1. The molecule has 3 heterocycles. The first-order valence-electron chi connectivity index (χ1n) is 11.6. The van der Waals surface area contributed by atoms with Crippen LogP contribution in [0.4, 0.5) is 11.6 Å². The van der Waals surface area contributed by atoms with Crippen molar-refractivity contribution >= 4 is 40.2 Å². The van der Waals surface area contributed by atoms with Crippen LogP contribution < -0.4 is 20.7 Å². The summed E-state index contributed by atoms with van der Waals surface area (Å²) in [6.07, 6.45) is 2.38. The van der Waals surface area contributed by atoms with Gasteiger partial charge in [-0.15, -0.1) is 0 Å². The monoisotopic (exact) mass is 506 g/mol. The largest absolute Gasteiger partial charge is 0.457 e. The lowest BCUT2D eigenvalue weighted by Gasteiger charge is -2.12. The Morgan fingerprint density at radius 3 is 2.78 bits per heavy atom. The van der Waals surface area contributed by atoms with E-state index >= 15 is 0 Å². The zero-order valence-corrected chi connectivity index (χ0v) is 20.7. The molecule has 5 rings (SSSR count). The number of halogens is 1. The van der Waals surface area contributed by atoms with Crippen molar-refractivity contribution in [3.05, 3.63) is 71.5 Å². The molecule has 0 spiro atoms. The average molecular weight is 507 g/mol. The number of anilines is 2. The highest BCUT2D eigenvalue weighted by Gasteiger charge is 2.25. The summed E-state index contributed by atoms with van der Waals surface area (Å²) in [5.41, 5.74) is 2.92. The third-order valence-corrected chi connectivity index (χ3v) is 6.33. The molecule has 1 fully saturated rings. The van der Waals surface area contributed by atoms with E-state index in [1.807, 2.05) is 54.1 Å². The van der Waals surface area contributed by atoms with Gasteiger partial charge in [-0.25, -0.2) is 4.98 Å². The van der Waals surface area contributed by atoms with Gasteiger partial charge in [-0.2, -0.15) is 0 Å². The standard InChI is InChI=1S/C26H27ClN6O3/c1-33-24-8-7-20(12-22(24)32-26(33)31-17-5-3-16(27)4-6-17)36-21-9-10-28-23(13-21)25(34)30-18-11-19(15-35-2)29-14-18/h3-10,12-13,18-19,29H,11,14-15H2,1-2H3,(H,30,34)(H,31,32)/t18-,19?/m1/s1. The number of rotatable bonds is 8. The fourth-order valence-corrected chi connectivity index (χ4v) is 4.39. The van der Waals surface area contributed by atoms with Gasteiger partial charge in [0, 0.05) is 61.8 Å². The lowest BCUT2D eigenvalue weighted by molar-refractivity contribution is 0.0933. The highest BCUT2D eigenvalue weighted by atomic mass is 35.5. The van der Waals surface area contributed by atoms with E-state index in [1.165, 1.54) is 0 Å². The van der Waals surface area contributed by atoms with Gasteiger partial charge in [-0.05, 0) is 48.9 Å². The molecule has 0 radical (unpaired) electrons. The molecule has 0 bridgehead atoms. The topological polar surface area (TPSA) is 102 Å². The Kier molecular flexibility index (Phi) is 7.04. The van der Waals surface area contributed by atoms with Gasteiger partial charge in [0.1, 0.15) is 17.2 Å². The van der Waals surface area contributed by atoms with Gasteiger partial charge in [-0.3, -0.25) is 9.78 Å². The number of fused-ring (bicyclic) bond motifs is 1. The van der Waals surface area contributed by atoms with Crippen LogP contribution in [0.25, 0.3) is 11.0 Å². The van der Waals surface area contributed by atoms with Crippen LogP contribution >= 0.6 is 11.6 Å². The summed E-state index contributed by atoms with van der Waals surface area (Å²) >= 11 is 5.98. The number of nitrogens with zero attached hydrogens (tertiary/aromatic N) is 3. The number of carbonyl (C=O) groups excluding carboxylic acids is 1. The molecular formula is C26H27ClN6O3. The van der Waals surface area contributed by atoms with Crippen LogP contribution in [-0.2, 0) is 11.8 Å². The summed E-state index contributed by atoms with van der Waals surface area (Å²) in [6.45, 7) is 1.32. The Morgan fingerprint density at radius 1 is 1.17 bits per heavy atom. The van der Waals surface area contributed by atoms with Crippen LogP contribution in [0.2, 0.25) is 5.02 Å². The fraction of sp³-hybridized carbons (Fsp3) is 0.269. The van der Waals surface area contributed by atoms with E-state index in [-0.39, 0.29) is 18.0 Å². The van der Waals surface area contributed by atoms with Gasteiger partial charge in [0.2, 0.25) is 5.95 Å². The van der Waals surface area contributed by atoms with E-state index in [4.69, 9.17) is 26.1 Å². The SMILES string of the molecule is COCC1C[C@@H](NC(=O)c2cc(Oc3ccc4c(c3)nc(Nc3ccc(Cl)cc3)n4C)ccn2)CN1. The Bertz CT molecular complexity index is 1370. The summed E-state index contributed by atoms with van der Waals surface area (Å²) in [4.78, 5) is 21.7. The molecule has 1 amide bonds. The van der Waals surface area contributed by atoms with Crippen LogP contribution in [0.15, 0.2) is 60.8 Å². The van der Waals surface area contributed by atoms with E-state index in [0.29, 0.717) is 41.3 Å². The van der Waals surface area contributed by atoms with Crippen molar-refractivity contribution in [2.45, 2.75) is 18.5 Å². The van der Waals surface area contributed by atoms with Crippen molar-refractivity contribution in [3.63, 3.8) is 0 Å². The number of aromatic nitrogens is 3. The molecule has 1 unspecified atom stereocenters. The Balaban J connectivity index is 1.27. The predicted molar refractivity (Wildman–Crippen MR) is 139 cm³/mol. The molecule has 0 aliphatic carbocycles. The van der Waals surface area contributed by atoms with Crippen molar-refractivity contribution in [1.82, 2.24) is 25.2 Å². The molecule has 186 valence electrons. The molecule has 10 heteroatoms. The van der Waals surface area contributed by atoms with Crippen molar-refractivity contribution < 1.29 is 14.3 Å². The minimum absolute atomic E-state index is 0.0336. The summed E-state index contributed by atoms with van der Waals surface area (Å²) in [6, 6.07) is 16.8. The predicted octanol–water partition coefficient (Wildman–Crippen LogP) is 4.26. The van der Waals surface area contributed by atoms with Gasteiger partial charge < -0.3 is 30.0 Å². The van der Waals surface area contributed by atoms with Crippen LogP contribution in [-0.4, -0.2) is 52.8 Å². The second kappa shape index (κ2) is 10.5. The summed E-state index contributed by atoms with van der Waals surface area (Å²) in [5.74, 6) is 1.59. The fourth-order valence-electron chi connectivity index (χ4n) is 4.27. The number of nitrogens with one attached hydrogen (secondary N) is 3. The van der Waals surface area contributed by atoms with Crippen molar-refractivity contribution in [2.24, 2.45) is 7.05 Å². The molecule has 2 atom stereocenters. The second-order valence-electron chi connectivity index (χ2n) is 8.72. The lowest BCUT2D eigenvalue weighted by atomic mass is 10.2. The van der Waals surface area contributed by atoms with Gasteiger partial charge >= 0.3 is 0 Å². The first kappa shape index (κ1) is 24.1. The molecule has 9 nitrogen and oxygen atoms in total. The molecule has 3 N–H and O–H groups in total. The van der Waals surface area contributed by atoms with Crippen molar-refractivity contribution in [3.8, 4) is 11.5 Å². The lowest BCUT2D eigenvalue weighted by Crippen LogP contribution is -2.36. The number of benzene rings is 2. The van der Waals surface area contributed by atoms with Crippen molar-refractivity contribution in [2.75, 3.05) is 25.6 Å². The van der Waals surface area contributed by atoms with Crippen LogP contribution in [0.1, 0.15) is 16.9 Å². The zero-order chi connectivity index (χ0) is 25.1. The Labute approximate surface area is 213 Å². The van der Waals surface area contributed by atoms with Gasteiger partial charge in [0.05, 0.1) is 17.6 Å². The summed E-state index contributed by atoms with van der Waals surface area (Å²) in [7, 11) is 3.62. The number of amides is 1. The van der Waals surface area contributed by atoms with Gasteiger partial charge in [0.25, 0.3) is 5.91 Å². The van der Waals surface area contributed by atoms with E-state index in [0.717, 1.165) is 23.1 Å². The number of hydrogen-bond donors (Lipinski definition) is 3. The smallest absolute Gasteiger partial charge is 0.270 e. The van der Waals surface area contributed by atoms with E-state index in [2.05, 4.69) is 20.9 Å². The number of aryl methyl sites for hydroxylation is 1. The Morgan fingerprint density at radius 2 is 1.97 bits per heavy atom. The number of imidazole rings is 1. The second-order valence-corrected chi connectivity index (χ2v) is 9.16. The van der Waals surface area contributed by atoms with Crippen LogP contribution in [0.5, 0.6) is 11.5 Å². The highest BCUT2D eigenvalue weighted by molar-refractivity contribution is 6.30. The minimum Gasteiger partial charge on any atom is -0.457 e. The maximum absolute atomic E-state index is 12.7. The number of hydrogen-bond acceptors (Lipinski definition) is 7. The van der Waals surface area contributed by atoms with Gasteiger partial charge in [-0.1, -0.05) is 11.6 Å². The molecule has 1 saturated heterocycles. The van der Waals surface area contributed by atoms with Crippen LogP contribution in [0.3, 0.4) is 0 Å². The van der Waals surface area contributed by atoms with Crippen LogP contribution in [0, 0.1) is 0 Å². The zero-order valence-electron chi connectivity index (χ0n) is 20.0. The average Bonchev–Trinajstić information content (AvgIpc) is 3.44. The maximum Gasteiger partial charge on any atom is 0.270 e. The van der Waals surface area contributed by atoms with E-state index in [1.54, 1.807) is 25.4 Å². The molecule has 0 saturated carbocycles. The number of pyridine rings is 1. The number of ether oxygens (including phenoxy) is 2. The molecule has 1 aliphatic rings. The van der Waals surface area contributed by atoms with Gasteiger partial charge in [0.15, 0.2) is 0 Å². The molecule has 36 heavy (non-hydrogen) atoms. The molecule has 2 aromatic heterocycles. The maximum atomic E-state index is 12.7. The summed E-state index contributed by atoms with van der Waals surface area (Å²) in [5, 5.41) is 10.4. The third-order valence-electron chi connectivity index (χ3n) is 6.08. The Hall–Kier alpha value is -3.66. The normalized spacial score (nSPS) is 17.3. The molecule has 2 aromatic carbocycles. The highest BCUT2D eigenvalue weighted by Crippen LogP contribution is 2.28. The number of methoxy groups -OCH3 is 1. The van der Waals surface area contributed by atoms with E-state index in [9.17, 15) is 4.79 Å². The first-order chi connectivity index (χ1) is 17.5. The quantitative estimate of drug-likeness (QED) is 0.328. The molecular weight excluding hydrogens is 480 g/mol. The summed E-state index contributed by atoms with van der Waals surface area (Å²) < 4.78 is 13.2. The molecule has 1 aliphatic heterocycles. The minimum atomic E-state index is -0.233. The third kappa shape index (κ3) is 5.43. The van der Waals surface area contributed by atoms with Crippen molar-refractivity contribution in [1.29, 1.82) is 0 Å². The van der Waals surface area contributed by atoms with E-state index < -0.39 is 0 Å². The first-order valence-corrected chi connectivity index (χ1v) is 12.0. The molecule has 4 aromatic rings.